The van der Waals surface area contributed by atoms with Crippen molar-refractivity contribution >= 4 is 62.4 Å². The van der Waals surface area contributed by atoms with Gasteiger partial charge < -0.3 is 9.84 Å². The lowest BCUT2D eigenvalue weighted by Gasteiger charge is -2.08. The van der Waals surface area contributed by atoms with Crippen LogP contribution in [-0.4, -0.2) is 19.5 Å². The fourth-order valence-electron chi connectivity index (χ4n) is 2.51. The molecule has 158 valence electrons. The summed E-state index contributed by atoms with van der Waals surface area (Å²) in [6.45, 7) is 5.35. The zero-order valence-electron chi connectivity index (χ0n) is 16.5. The highest BCUT2D eigenvalue weighted by atomic mass is 35.5. The van der Waals surface area contributed by atoms with Crippen LogP contribution < -0.4 is 10.0 Å². The Hall–Kier alpha value is -2.62. The molecular formula is C20H20ClN3O4S2. The van der Waals surface area contributed by atoms with E-state index < -0.39 is 10.0 Å². The first-order valence-electron chi connectivity index (χ1n) is 9.02. The molecule has 0 saturated heterocycles. The van der Waals surface area contributed by atoms with Crippen molar-refractivity contribution in [1.29, 1.82) is 0 Å². The lowest BCUT2D eigenvalue weighted by molar-refractivity contribution is -0.115. The molecule has 2 N–H and O–H groups in total. The zero-order chi connectivity index (χ0) is 21.9. The van der Waals surface area contributed by atoms with Gasteiger partial charge in [0.25, 0.3) is 10.0 Å². The molecule has 10 heteroatoms. The van der Waals surface area contributed by atoms with Gasteiger partial charge in [-0.1, -0.05) is 29.7 Å². The molecule has 2 heterocycles. The normalized spacial score (nSPS) is 11.7. The lowest BCUT2D eigenvalue weighted by atomic mass is 10.2. The number of benzene rings is 1. The fraction of sp³-hybridized carbons (Fsp3) is 0.200. The number of aryl methyl sites for hydroxylation is 2. The van der Waals surface area contributed by atoms with Gasteiger partial charge in [0.2, 0.25) is 5.91 Å². The van der Waals surface area contributed by atoms with E-state index in [-0.39, 0.29) is 10.1 Å². The first-order valence-corrected chi connectivity index (χ1v) is 11.7. The van der Waals surface area contributed by atoms with Gasteiger partial charge in [-0.25, -0.2) is 8.42 Å². The number of nitrogens with one attached hydrogen (secondary N) is 2. The van der Waals surface area contributed by atoms with E-state index in [0.29, 0.717) is 39.1 Å². The molecule has 30 heavy (non-hydrogen) atoms. The molecular weight excluding hydrogens is 446 g/mol. The minimum absolute atomic E-state index is 0.145. The average Bonchev–Trinajstić information content (AvgIpc) is 3.30. The SMILES string of the molecule is CCC(=O)Nc1c(C)noc1C=Cc1ccc(S(=O)(=O)Nc2ccc(C)cc2Cl)s1. The van der Waals surface area contributed by atoms with Crippen LogP contribution in [-0.2, 0) is 14.8 Å². The number of hydrogen-bond acceptors (Lipinski definition) is 6. The van der Waals surface area contributed by atoms with Crippen molar-refractivity contribution in [3.05, 3.63) is 57.2 Å². The molecule has 3 rings (SSSR count). The number of hydrogen-bond donors (Lipinski definition) is 2. The van der Waals surface area contributed by atoms with Crippen molar-refractivity contribution < 1.29 is 17.7 Å². The van der Waals surface area contributed by atoms with E-state index in [1.807, 2.05) is 6.92 Å². The summed E-state index contributed by atoms with van der Waals surface area (Å²) in [6.07, 6.45) is 3.67. The van der Waals surface area contributed by atoms with Crippen LogP contribution in [0, 0.1) is 13.8 Å². The van der Waals surface area contributed by atoms with Gasteiger partial charge in [-0.05, 0) is 55.8 Å². The highest BCUT2D eigenvalue weighted by Crippen LogP contribution is 2.30. The summed E-state index contributed by atoms with van der Waals surface area (Å²) in [4.78, 5) is 12.4. The van der Waals surface area contributed by atoms with Crippen LogP contribution in [0.3, 0.4) is 0 Å². The summed E-state index contributed by atoms with van der Waals surface area (Å²) in [5.41, 5.74) is 2.31. The zero-order valence-corrected chi connectivity index (χ0v) is 18.9. The molecule has 3 aromatic rings. The Bertz CT molecular complexity index is 1210. The van der Waals surface area contributed by atoms with Crippen molar-refractivity contribution in [2.75, 3.05) is 10.0 Å². The molecule has 0 atom stereocenters. The monoisotopic (exact) mass is 465 g/mol. The van der Waals surface area contributed by atoms with Gasteiger partial charge in [-0.3, -0.25) is 9.52 Å². The van der Waals surface area contributed by atoms with Gasteiger partial charge >= 0.3 is 0 Å². The summed E-state index contributed by atoms with van der Waals surface area (Å²) < 4.78 is 33.3. The van der Waals surface area contributed by atoms with Crippen LogP contribution in [0.25, 0.3) is 12.2 Å². The van der Waals surface area contributed by atoms with E-state index in [0.717, 1.165) is 16.9 Å². The number of rotatable bonds is 7. The molecule has 0 aliphatic heterocycles. The largest absolute Gasteiger partial charge is 0.354 e. The molecule has 2 aromatic heterocycles. The van der Waals surface area contributed by atoms with Crippen LogP contribution in [0.15, 0.2) is 39.1 Å². The van der Waals surface area contributed by atoms with E-state index >= 15 is 0 Å². The second kappa shape index (κ2) is 9.03. The number of halogens is 1. The van der Waals surface area contributed by atoms with Gasteiger partial charge in [0.15, 0.2) is 5.76 Å². The first-order chi connectivity index (χ1) is 14.2. The molecule has 0 bridgehead atoms. The smallest absolute Gasteiger partial charge is 0.271 e. The van der Waals surface area contributed by atoms with E-state index in [1.165, 1.54) is 6.07 Å². The predicted octanol–water partition coefficient (Wildman–Crippen LogP) is 5.33. The lowest BCUT2D eigenvalue weighted by Crippen LogP contribution is -2.11. The molecule has 1 amide bonds. The molecule has 0 fully saturated rings. The van der Waals surface area contributed by atoms with Crippen molar-refractivity contribution in [3.8, 4) is 0 Å². The van der Waals surface area contributed by atoms with Gasteiger partial charge in [0.05, 0.1) is 10.7 Å². The maximum atomic E-state index is 12.7. The second-order valence-corrected chi connectivity index (χ2v) is 9.92. The highest BCUT2D eigenvalue weighted by molar-refractivity contribution is 7.94. The Morgan fingerprint density at radius 3 is 2.70 bits per heavy atom. The molecule has 1 aromatic carbocycles. The molecule has 0 unspecified atom stereocenters. The topological polar surface area (TPSA) is 101 Å². The molecule has 0 aliphatic rings. The van der Waals surface area contributed by atoms with Gasteiger partial charge in [0.1, 0.15) is 15.6 Å². The van der Waals surface area contributed by atoms with Crippen LogP contribution in [0.1, 0.15) is 35.2 Å². The van der Waals surface area contributed by atoms with Crippen molar-refractivity contribution in [2.24, 2.45) is 0 Å². The third-order valence-corrected chi connectivity index (χ3v) is 7.33. The number of sulfonamides is 1. The summed E-state index contributed by atoms with van der Waals surface area (Å²) in [5.74, 6) is 0.234. The molecule has 0 aliphatic carbocycles. The van der Waals surface area contributed by atoms with Gasteiger partial charge in [-0.2, -0.15) is 0 Å². The minimum Gasteiger partial charge on any atom is -0.354 e. The summed E-state index contributed by atoms with van der Waals surface area (Å²) in [7, 11) is -3.78. The van der Waals surface area contributed by atoms with Crippen LogP contribution in [0.4, 0.5) is 11.4 Å². The Morgan fingerprint density at radius 2 is 2.00 bits per heavy atom. The number of thiophene rings is 1. The molecule has 0 spiro atoms. The number of aromatic nitrogens is 1. The number of amides is 1. The maximum Gasteiger partial charge on any atom is 0.271 e. The van der Waals surface area contributed by atoms with E-state index in [2.05, 4.69) is 15.2 Å². The van der Waals surface area contributed by atoms with Crippen molar-refractivity contribution in [3.63, 3.8) is 0 Å². The summed E-state index contributed by atoms with van der Waals surface area (Å²) in [5, 5.41) is 6.95. The molecule has 0 radical (unpaired) electrons. The Balaban J connectivity index is 1.79. The maximum absolute atomic E-state index is 12.7. The second-order valence-electron chi connectivity index (χ2n) is 6.49. The van der Waals surface area contributed by atoms with Crippen LogP contribution in [0.5, 0.6) is 0 Å². The number of carbonyl (C=O) groups is 1. The third kappa shape index (κ3) is 5.10. The van der Waals surface area contributed by atoms with Gasteiger partial charge in [-0.15, -0.1) is 11.3 Å². The van der Waals surface area contributed by atoms with E-state index in [9.17, 15) is 13.2 Å². The van der Waals surface area contributed by atoms with E-state index in [4.69, 9.17) is 16.1 Å². The van der Waals surface area contributed by atoms with Crippen LogP contribution in [0.2, 0.25) is 5.02 Å². The summed E-state index contributed by atoms with van der Waals surface area (Å²) in [6, 6.07) is 8.29. The van der Waals surface area contributed by atoms with Crippen LogP contribution >= 0.6 is 22.9 Å². The minimum atomic E-state index is -3.78. The van der Waals surface area contributed by atoms with Crippen molar-refractivity contribution in [2.45, 2.75) is 31.4 Å². The Labute approximate surface area is 183 Å². The third-order valence-electron chi connectivity index (χ3n) is 4.11. The molecule has 7 nitrogen and oxygen atoms in total. The average molecular weight is 466 g/mol. The quantitative estimate of drug-likeness (QED) is 0.491. The standard InChI is InChI=1S/C20H20ClN3O4S2/c1-4-18(25)22-20-13(3)23-28-17(20)9-6-14-7-10-19(29-14)30(26,27)24-16-8-5-12(2)11-15(16)21/h5-11,24H,4H2,1-3H3,(H,22,25). The number of anilines is 2. The van der Waals surface area contributed by atoms with E-state index in [1.54, 1.807) is 50.3 Å². The highest BCUT2D eigenvalue weighted by Gasteiger charge is 2.18. The fourth-order valence-corrected chi connectivity index (χ4v) is 5.15. The number of carbonyl (C=O) groups excluding carboxylic acids is 1. The Morgan fingerprint density at radius 1 is 1.23 bits per heavy atom. The van der Waals surface area contributed by atoms with Crippen molar-refractivity contribution in [1.82, 2.24) is 5.16 Å². The molecule has 0 saturated carbocycles. The predicted molar refractivity (Wildman–Crippen MR) is 120 cm³/mol. The van der Waals surface area contributed by atoms with Gasteiger partial charge in [0, 0.05) is 11.3 Å². The number of nitrogens with zero attached hydrogens (tertiary/aromatic N) is 1. The summed E-state index contributed by atoms with van der Waals surface area (Å²) >= 11 is 7.22. The Kier molecular flexibility index (Phi) is 6.64. The first kappa shape index (κ1) is 22.1.